The van der Waals surface area contributed by atoms with E-state index in [2.05, 4.69) is 4.90 Å². The van der Waals surface area contributed by atoms with Gasteiger partial charge in [0, 0.05) is 38.0 Å². The highest BCUT2D eigenvalue weighted by molar-refractivity contribution is 5.85. The Bertz CT molecular complexity index is 916. The van der Waals surface area contributed by atoms with Crippen molar-refractivity contribution in [1.29, 1.82) is 0 Å². The first kappa shape index (κ1) is 33.9. The van der Waals surface area contributed by atoms with E-state index in [1.165, 1.54) is 45.2 Å². The first-order chi connectivity index (χ1) is 22.7. The molecule has 0 N–H and O–H groups in total. The monoisotopic (exact) mass is 645 g/mol. The third-order valence-electron chi connectivity index (χ3n) is 12.7. The predicted molar refractivity (Wildman–Crippen MR) is 175 cm³/mol. The fourth-order valence-electron chi connectivity index (χ4n) is 10.1. The van der Waals surface area contributed by atoms with Crippen molar-refractivity contribution in [2.24, 2.45) is 23.7 Å². The number of nitrogens with zero attached hydrogens (tertiary/aromatic N) is 1. The summed E-state index contributed by atoms with van der Waals surface area (Å²) in [5.74, 6) is 1.38. The Morgan fingerprint density at radius 3 is 1.93 bits per heavy atom. The highest BCUT2D eigenvalue weighted by Gasteiger charge is 2.52. The summed E-state index contributed by atoms with van der Waals surface area (Å²) in [6.07, 6.45) is 22.6. The van der Waals surface area contributed by atoms with Crippen molar-refractivity contribution < 1.29 is 33.2 Å². The van der Waals surface area contributed by atoms with Crippen LogP contribution in [0, 0.1) is 23.7 Å². The SMILES string of the molecule is O=C1C2CCC(OC3CCCCO3)CC2OC(C2CCC(OCCN3CCCCC3)CC2)C1C1CCC(OC2CCCCO2)CC1. The minimum absolute atomic E-state index is 0.0160. The normalized spacial score (nSPS) is 43.2. The molecule has 8 nitrogen and oxygen atoms in total. The maximum Gasteiger partial charge on any atom is 0.157 e. The standard InChI is InChI=1S/C38H63NO7/c40-37-32-19-18-31(45-35-9-3-7-24-43-35)26-33(32)46-38(28-12-14-29(15-13-28)41-25-22-39-20-4-1-5-21-39)36(37)27-10-16-30(17-11-27)44-34-8-2-6-23-42-34/h27-36,38H,1-26H2. The van der Waals surface area contributed by atoms with Gasteiger partial charge in [-0.2, -0.15) is 0 Å². The minimum atomic E-state index is -0.0836. The molecule has 4 heterocycles. The number of ketones is 1. The van der Waals surface area contributed by atoms with Gasteiger partial charge < -0.3 is 33.3 Å². The Morgan fingerprint density at radius 1 is 0.630 bits per heavy atom. The maximum atomic E-state index is 14.5. The van der Waals surface area contributed by atoms with Crippen molar-refractivity contribution >= 4 is 5.78 Å². The molecule has 7 fully saturated rings. The Labute approximate surface area is 278 Å². The van der Waals surface area contributed by atoms with Gasteiger partial charge in [-0.25, -0.2) is 0 Å². The Morgan fingerprint density at radius 2 is 1.26 bits per heavy atom. The van der Waals surface area contributed by atoms with Crippen LogP contribution >= 0.6 is 0 Å². The van der Waals surface area contributed by atoms with E-state index >= 15 is 0 Å². The fraction of sp³-hybridized carbons (Fsp3) is 0.974. The largest absolute Gasteiger partial charge is 0.377 e. The summed E-state index contributed by atoms with van der Waals surface area (Å²) in [5.41, 5.74) is 0. The summed E-state index contributed by atoms with van der Waals surface area (Å²) < 4.78 is 38.3. The molecule has 0 bridgehead atoms. The minimum Gasteiger partial charge on any atom is -0.377 e. The van der Waals surface area contributed by atoms with Gasteiger partial charge in [-0.3, -0.25) is 4.79 Å². The molecule has 7 atom stereocenters. The highest BCUT2D eigenvalue weighted by atomic mass is 16.7. The summed E-state index contributed by atoms with van der Waals surface area (Å²) >= 11 is 0. The second-order valence-corrected chi connectivity index (χ2v) is 15.8. The van der Waals surface area contributed by atoms with Crippen LogP contribution in [0.15, 0.2) is 0 Å². The van der Waals surface area contributed by atoms with Crippen LogP contribution in [0.5, 0.6) is 0 Å². The number of likely N-dealkylation sites (tertiary alicyclic amines) is 1. The summed E-state index contributed by atoms with van der Waals surface area (Å²) in [6, 6.07) is 0. The second kappa shape index (κ2) is 16.9. The lowest BCUT2D eigenvalue weighted by Crippen LogP contribution is -2.56. The molecular formula is C38H63NO7. The zero-order chi connectivity index (χ0) is 31.1. The molecule has 7 aliphatic rings. The lowest BCUT2D eigenvalue weighted by Gasteiger charge is -2.50. The van der Waals surface area contributed by atoms with Crippen LogP contribution in [0.1, 0.15) is 128 Å². The molecule has 46 heavy (non-hydrogen) atoms. The molecule has 0 spiro atoms. The smallest absolute Gasteiger partial charge is 0.157 e. The number of Topliss-reactive ketones (excluding diaryl/α,β-unsaturated/α-hetero) is 1. The fourth-order valence-corrected chi connectivity index (χ4v) is 10.1. The second-order valence-electron chi connectivity index (χ2n) is 15.8. The zero-order valence-corrected chi connectivity index (χ0v) is 28.5. The molecule has 0 radical (unpaired) electrons. The van der Waals surface area contributed by atoms with E-state index < -0.39 is 0 Å². The average molecular weight is 646 g/mol. The van der Waals surface area contributed by atoms with Crippen LogP contribution in [0.25, 0.3) is 0 Å². The first-order valence-corrected chi connectivity index (χ1v) is 19.8. The molecule has 0 aromatic heterocycles. The van der Waals surface area contributed by atoms with Crippen molar-refractivity contribution in [3.8, 4) is 0 Å². The molecule has 3 aliphatic carbocycles. The summed E-state index contributed by atoms with van der Waals surface area (Å²) in [5, 5.41) is 0. The van der Waals surface area contributed by atoms with E-state index in [1.807, 2.05) is 0 Å². The molecule has 4 aliphatic heterocycles. The third-order valence-corrected chi connectivity index (χ3v) is 12.7. The van der Waals surface area contributed by atoms with E-state index in [9.17, 15) is 4.79 Å². The van der Waals surface area contributed by atoms with E-state index in [1.54, 1.807) is 0 Å². The molecule has 0 aromatic carbocycles. The lowest BCUT2D eigenvalue weighted by atomic mass is 9.64. The maximum absolute atomic E-state index is 14.5. The van der Waals surface area contributed by atoms with Crippen LogP contribution in [0.2, 0.25) is 0 Å². The predicted octanol–water partition coefficient (Wildman–Crippen LogP) is 6.81. The summed E-state index contributed by atoms with van der Waals surface area (Å²) in [4.78, 5) is 17.1. The molecular weight excluding hydrogens is 582 g/mol. The van der Waals surface area contributed by atoms with Crippen LogP contribution in [-0.2, 0) is 33.2 Å². The van der Waals surface area contributed by atoms with Gasteiger partial charge in [-0.15, -0.1) is 0 Å². The van der Waals surface area contributed by atoms with Crippen LogP contribution in [0.4, 0.5) is 0 Å². The number of rotatable bonds is 10. The van der Waals surface area contributed by atoms with E-state index in [0.717, 1.165) is 123 Å². The van der Waals surface area contributed by atoms with Crippen molar-refractivity contribution in [2.45, 2.75) is 172 Å². The first-order valence-electron chi connectivity index (χ1n) is 19.8. The molecule has 7 rings (SSSR count). The van der Waals surface area contributed by atoms with Gasteiger partial charge in [0.05, 0.1) is 37.1 Å². The molecule has 262 valence electrons. The van der Waals surface area contributed by atoms with Gasteiger partial charge >= 0.3 is 0 Å². The number of carbonyl (C=O) groups is 1. The summed E-state index contributed by atoms with van der Waals surface area (Å²) in [7, 11) is 0. The molecule has 0 aromatic rings. The molecule has 8 heteroatoms. The Balaban J connectivity index is 0.964. The third kappa shape index (κ3) is 8.75. The molecule has 7 unspecified atom stereocenters. The van der Waals surface area contributed by atoms with E-state index in [4.69, 9.17) is 28.4 Å². The number of carbonyl (C=O) groups excluding carboxylic acids is 1. The van der Waals surface area contributed by atoms with Gasteiger partial charge in [0.2, 0.25) is 0 Å². The molecule has 0 amide bonds. The average Bonchev–Trinajstić information content (AvgIpc) is 3.10. The Kier molecular flexibility index (Phi) is 12.4. The molecule has 3 saturated carbocycles. The van der Waals surface area contributed by atoms with Gasteiger partial charge in [-0.05, 0) is 141 Å². The van der Waals surface area contributed by atoms with Crippen molar-refractivity contribution in [3.05, 3.63) is 0 Å². The quantitative estimate of drug-likeness (QED) is 0.257. The van der Waals surface area contributed by atoms with Gasteiger partial charge in [0.15, 0.2) is 12.6 Å². The molecule has 4 saturated heterocycles. The van der Waals surface area contributed by atoms with Crippen LogP contribution in [-0.4, -0.2) is 93.2 Å². The number of piperidine rings is 1. The Hall–Kier alpha value is -0.610. The number of ether oxygens (including phenoxy) is 6. The van der Waals surface area contributed by atoms with Crippen molar-refractivity contribution in [3.63, 3.8) is 0 Å². The lowest BCUT2D eigenvalue weighted by molar-refractivity contribution is -0.223. The van der Waals surface area contributed by atoms with E-state index in [-0.39, 0.29) is 48.8 Å². The van der Waals surface area contributed by atoms with Gasteiger partial charge in [-0.1, -0.05) is 6.42 Å². The zero-order valence-electron chi connectivity index (χ0n) is 28.5. The van der Waals surface area contributed by atoms with E-state index in [0.29, 0.717) is 23.7 Å². The van der Waals surface area contributed by atoms with Gasteiger partial charge in [0.1, 0.15) is 5.78 Å². The van der Waals surface area contributed by atoms with Crippen molar-refractivity contribution in [1.82, 2.24) is 4.90 Å². The topological polar surface area (TPSA) is 75.7 Å². The number of hydrogen-bond donors (Lipinski definition) is 0. The number of hydrogen-bond acceptors (Lipinski definition) is 8. The summed E-state index contributed by atoms with van der Waals surface area (Å²) in [6.45, 7) is 6.00. The van der Waals surface area contributed by atoms with Crippen LogP contribution < -0.4 is 0 Å². The van der Waals surface area contributed by atoms with Gasteiger partial charge in [0.25, 0.3) is 0 Å². The number of fused-ring (bicyclic) bond motifs is 1. The van der Waals surface area contributed by atoms with Crippen molar-refractivity contribution in [2.75, 3.05) is 39.5 Å². The van der Waals surface area contributed by atoms with Crippen LogP contribution in [0.3, 0.4) is 0 Å². The highest BCUT2D eigenvalue weighted by Crippen LogP contribution is 2.48.